The number of hydrogen-bond donors (Lipinski definition) is 1. The smallest absolute Gasteiger partial charge is 0.255 e. The molecule has 0 radical (unpaired) electrons. The fourth-order valence-electron chi connectivity index (χ4n) is 4.12. The molecule has 3 aromatic rings. The van der Waals surface area contributed by atoms with E-state index in [1.54, 1.807) is 0 Å². The average molecular weight is 335 g/mol. The van der Waals surface area contributed by atoms with E-state index in [2.05, 4.69) is 20.2 Å². The lowest BCUT2D eigenvalue weighted by Gasteiger charge is -2.34. The molecule has 0 bridgehead atoms. The van der Waals surface area contributed by atoms with E-state index < -0.39 is 0 Å². The van der Waals surface area contributed by atoms with E-state index in [0.29, 0.717) is 6.04 Å². The van der Waals surface area contributed by atoms with Crippen LogP contribution in [0.25, 0.3) is 10.9 Å². The first-order valence-electron chi connectivity index (χ1n) is 8.97. The molecule has 2 heterocycles. The second kappa shape index (κ2) is 5.44. The minimum absolute atomic E-state index is 0.151. The molecule has 1 fully saturated rings. The Bertz CT molecular complexity index is 952. The lowest BCUT2D eigenvalue weighted by molar-refractivity contribution is 0.0645. The van der Waals surface area contributed by atoms with Crippen LogP contribution in [-0.4, -0.2) is 42.9 Å². The Labute approximate surface area is 145 Å². The zero-order valence-electron chi connectivity index (χ0n) is 14.3. The average Bonchev–Trinajstić information content (AvgIpc) is 3.22. The summed E-state index contributed by atoms with van der Waals surface area (Å²) in [5.74, 6) is 0.151. The Morgan fingerprint density at radius 1 is 1.24 bits per heavy atom. The fraction of sp³-hybridized carbons (Fsp3) is 0.421. The molecule has 0 saturated heterocycles. The number of amides is 1. The number of nitrogens with one attached hydrogen (secondary N) is 1. The van der Waals surface area contributed by atoms with Crippen molar-refractivity contribution in [2.75, 3.05) is 0 Å². The Balaban J connectivity index is 1.51. The first-order valence-corrected chi connectivity index (χ1v) is 8.97. The van der Waals surface area contributed by atoms with Gasteiger partial charge in [-0.2, -0.15) is 10.2 Å². The third-order valence-electron chi connectivity index (χ3n) is 5.58. The normalized spacial score (nSPS) is 19.8. The number of benzene rings is 1. The second-order valence-corrected chi connectivity index (χ2v) is 7.22. The highest BCUT2D eigenvalue weighted by Gasteiger charge is 2.39. The highest BCUT2D eigenvalue weighted by molar-refractivity contribution is 6.06. The Hall–Kier alpha value is -2.63. The summed E-state index contributed by atoms with van der Waals surface area (Å²) in [4.78, 5) is 15.6. The molecule has 128 valence electrons. The van der Waals surface area contributed by atoms with Gasteiger partial charge in [0.15, 0.2) is 0 Å². The first-order chi connectivity index (χ1) is 12.2. The number of hydrogen-bond acceptors (Lipinski definition) is 3. The minimum atomic E-state index is 0.151. The van der Waals surface area contributed by atoms with Gasteiger partial charge in [-0.15, -0.1) is 0 Å². The molecule has 6 nitrogen and oxygen atoms in total. The van der Waals surface area contributed by atoms with Gasteiger partial charge in [-0.3, -0.25) is 14.6 Å². The zero-order valence-corrected chi connectivity index (χ0v) is 14.3. The maximum absolute atomic E-state index is 13.5. The van der Waals surface area contributed by atoms with Crippen molar-refractivity contribution in [1.29, 1.82) is 0 Å². The molecule has 6 heteroatoms. The van der Waals surface area contributed by atoms with Crippen LogP contribution in [0.1, 0.15) is 40.9 Å². The third-order valence-corrected chi connectivity index (χ3v) is 5.58. The van der Waals surface area contributed by atoms with E-state index in [1.807, 2.05) is 42.3 Å². The molecule has 1 saturated carbocycles. The number of aromatic nitrogens is 4. The molecule has 1 unspecified atom stereocenters. The van der Waals surface area contributed by atoms with Crippen LogP contribution >= 0.6 is 0 Å². The highest BCUT2D eigenvalue weighted by Crippen LogP contribution is 2.35. The molecule has 2 aliphatic carbocycles. The van der Waals surface area contributed by atoms with Crippen molar-refractivity contribution in [3.8, 4) is 0 Å². The van der Waals surface area contributed by atoms with Gasteiger partial charge in [-0.1, -0.05) is 6.07 Å². The summed E-state index contributed by atoms with van der Waals surface area (Å²) in [5, 5.41) is 12.5. The van der Waals surface area contributed by atoms with Gasteiger partial charge in [0.2, 0.25) is 0 Å². The van der Waals surface area contributed by atoms with E-state index in [9.17, 15) is 4.79 Å². The van der Waals surface area contributed by atoms with Crippen molar-refractivity contribution in [2.45, 2.75) is 44.2 Å². The SMILES string of the molecule is Cn1ncc2c(C(=O)N(C3CC3)C3CCc4[nH]ncc4C3)cccc21. The topological polar surface area (TPSA) is 66.8 Å². The molecule has 2 aliphatic rings. The minimum Gasteiger partial charge on any atom is -0.332 e. The number of nitrogens with zero attached hydrogens (tertiary/aromatic N) is 4. The zero-order chi connectivity index (χ0) is 17.0. The van der Waals surface area contributed by atoms with Crippen LogP contribution in [0, 0.1) is 0 Å². The molecular formula is C19H21N5O. The van der Waals surface area contributed by atoms with Crippen LogP contribution in [0.5, 0.6) is 0 Å². The van der Waals surface area contributed by atoms with E-state index in [1.165, 1.54) is 11.3 Å². The number of aromatic amines is 1. The van der Waals surface area contributed by atoms with Crippen molar-refractivity contribution >= 4 is 16.8 Å². The van der Waals surface area contributed by atoms with Gasteiger partial charge in [-0.05, 0) is 49.8 Å². The Kier molecular flexibility index (Phi) is 3.20. The Morgan fingerprint density at radius 2 is 2.12 bits per heavy atom. The summed E-state index contributed by atoms with van der Waals surface area (Å²) < 4.78 is 1.83. The lowest BCUT2D eigenvalue weighted by Crippen LogP contribution is -2.44. The van der Waals surface area contributed by atoms with Gasteiger partial charge in [0.25, 0.3) is 5.91 Å². The van der Waals surface area contributed by atoms with E-state index in [4.69, 9.17) is 0 Å². The van der Waals surface area contributed by atoms with Gasteiger partial charge in [0.05, 0.1) is 23.5 Å². The molecular weight excluding hydrogens is 314 g/mol. The van der Waals surface area contributed by atoms with Crippen molar-refractivity contribution in [2.24, 2.45) is 7.05 Å². The monoisotopic (exact) mass is 335 g/mol. The predicted molar refractivity (Wildman–Crippen MR) is 94.3 cm³/mol. The van der Waals surface area contributed by atoms with Gasteiger partial charge in [0, 0.05) is 30.2 Å². The van der Waals surface area contributed by atoms with Crippen molar-refractivity contribution in [3.63, 3.8) is 0 Å². The summed E-state index contributed by atoms with van der Waals surface area (Å²) in [6.45, 7) is 0. The van der Waals surface area contributed by atoms with Crippen LogP contribution in [0.15, 0.2) is 30.6 Å². The summed E-state index contributed by atoms with van der Waals surface area (Å²) >= 11 is 0. The molecule has 25 heavy (non-hydrogen) atoms. The summed E-state index contributed by atoms with van der Waals surface area (Å²) in [5.41, 5.74) is 4.26. The van der Waals surface area contributed by atoms with Crippen LogP contribution < -0.4 is 0 Å². The quantitative estimate of drug-likeness (QED) is 0.799. The number of H-pyrrole nitrogens is 1. The van der Waals surface area contributed by atoms with Crippen molar-refractivity contribution < 1.29 is 4.79 Å². The number of aryl methyl sites for hydroxylation is 2. The van der Waals surface area contributed by atoms with Gasteiger partial charge in [-0.25, -0.2) is 0 Å². The molecule has 1 amide bonds. The van der Waals surface area contributed by atoms with Crippen LogP contribution in [-0.2, 0) is 19.9 Å². The predicted octanol–water partition coefficient (Wildman–Crippen LogP) is 2.46. The molecule has 0 aliphatic heterocycles. The number of fused-ring (bicyclic) bond motifs is 2. The molecule has 2 aromatic heterocycles. The van der Waals surface area contributed by atoms with E-state index in [0.717, 1.165) is 48.6 Å². The second-order valence-electron chi connectivity index (χ2n) is 7.22. The number of carbonyl (C=O) groups excluding carboxylic acids is 1. The molecule has 5 rings (SSSR count). The van der Waals surface area contributed by atoms with Gasteiger partial charge < -0.3 is 4.90 Å². The molecule has 1 atom stereocenters. The van der Waals surface area contributed by atoms with E-state index >= 15 is 0 Å². The standard InChI is InChI=1S/C19H21N5O/c1-23-18-4-2-3-15(16(18)11-21-23)19(25)24(13-5-6-13)14-7-8-17-12(9-14)10-20-22-17/h2-4,10-11,13-14H,5-9H2,1H3,(H,20,22). The van der Waals surface area contributed by atoms with Crippen LogP contribution in [0.2, 0.25) is 0 Å². The van der Waals surface area contributed by atoms with Gasteiger partial charge in [0.1, 0.15) is 0 Å². The third kappa shape index (κ3) is 2.35. The maximum Gasteiger partial charge on any atom is 0.255 e. The lowest BCUT2D eigenvalue weighted by atomic mass is 9.91. The van der Waals surface area contributed by atoms with Crippen molar-refractivity contribution in [3.05, 3.63) is 47.4 Å². The number of carbonyl (C=O) groups is 1. The highest BCUT2D eigenvalue weighted by atomic mass is 16.2. The summed E-state index contributed by atoms with van der Waals surface area (Å²) in [7, 11) is 1.91. The van der Waals surface area contributed by atoms with Crippen LogP contribution in [0.4, 0.5) is 0 Å². The summed E-state index contributed by atoms with van der Waals surface area (Å²) in [6, 6.07) is 6.55. The Morgan fingerprint density at radius 3 is 2.96 bits per heavy atom. The van der Waals surface area contributed by atoms with E-state index in [-0.39, 0.29) is 11.9 Å². The largest absolute Gasteiger partial charge is 0.332 e. The fourth-order valence-corrected chi connectivity index (χ4v) is 4.12. The van der Waals surface area contributed by atoms with Crippen LogP contribution in [0.3, 0.4) is 0 Å². The van der Waals surface area contributed by atoms with Gasteiger partial charge >= 0.3 is 0 Å². The molecule has 1 N–H and O–H groups in total. The van der Waals surface area contributed by atoms with Crippen molar-refractivity contribution in [1.82, 2.24) is 24.9 Å². The number of rotatable bonds is 3. The summed E-state index contributed by atoms with van der Waals surface area (Å²) in [6.07, 6.45) is 8.82. The first kappa shape index (κ1) is 14.7. The molecule has 0 spiro atoms. The maximum atomic E-state index is 13.5. The molecule has 1 aromatic carbocycles.